The number of ether oxygens (including phenoxy) is 2. The first-order valence-electron chi connectivity index (χ1n) is 7.15. The molecule has 1 aromatic carbocycles. The zero-order valence-electron chi connectivity index (χ0n) is 11.8. The minimum absolute atomic E-state index is 0.237. The molecule has 1 saturated heterocycles. The van der Waals surface area contributed by atoms with Crippen molar-refractivity contribution in [3.8, 4) is 5.75 Å². The van der Waals surface area contributed by atoms with E-state index in [1.165, 1.54) is 0 Å². The molecular formula is C15H22N2O3. The van der Waals surface area contributed by atoms with Gasteiger partial charge in [-0.15, -0.1) is 0 Å². The highest BCUT2D eigenvalue weighted by atomic mass is 16.7. The lowest BCUT2D eigenvalue weighted by Crippen LogP contribution is -2.25. The number of nitrogens with two attached hydrogens (primary N) is 1. The van der Waals surface area contributed by atoms with Gasteiger partial charge in [0.15, 0.2) is 6.79 Å². The second-order valence-corrected chi connectivity index (χ2v) is 5.80. The average Bonchev–Trinajstić information content (AvgIpc) is 2.87. The summed E-state index contributed by atoms with van der Waals surface area (Å²) in [7, 11) is 0. The Hall–Kier alpha value is -1.30. The molecule has 2 unspecified atom stereocenters. The molecule has 110 valence electrons. The number of nitrogens with zero attached hydrogens (tertiary/aromatic N) is 1. The van der Waals surface area contributed by atoms with E-state index in [4.69, 9.17) is 15.2 Å². The Morgan fingerprint density at radius 3 is 3.10 bits per heavy atom. The van der Waals surface area contributed by atoms with Gasteiger partial charge in [0, 0.05) is 29.9 Å². The molecule has 20 heavy (non-hydrogen) atoms. The molecule has 0 bridgehead atoms. The quantitative estimate of drug-likeness (QED) is 0.817. The molecule has 0 aliphatic carbocycles. The highest BCUT2D eigenvalue weighted by Crippen LogP contribution is 2.33. The summed E-state index contributed by atoms with van der Waals surface area (Å²) in [6.45, 7) is 5.49. The summed E-state index contributed by atoms with van der Waals surface area (Å²) < 4.78 is 10.9. The molecule has 0 aromatic heterocycles. The van der Waals surface area contributed by atoms with Gasteiger partial charge in [0.1, 0.15) is 5.75 Å². The van der Waals surface area contributed by atoms with Gasteiger partial charge in [0.05, 0.1) is 12.7 Å². The molecule has 0 saturated carbocycles. The summed E-state index contributed by atoms with van der Waals surface area (Å²) in [4.78, 5) is 2.35. The second kappa shape index (κ2) is 5.60. The van der Waals surface area contributed by atoms with Crippen LogP contribution in [0.25, 0.3) is 0 Å². The van der Waals surface area contributed by atoms with Crippen LogP contribution < -0.4 is 10.5 Å². The number of aliphatic hydroxyl groups is 1. The summed E-state index contributed by atoms with van der Waals surface area (Å²) in [5.41, 5.74) is 8.86. The highest BCUT2D eigenvalue weighted by molar-refractivity contribution is 5.53. The number of hydrogen-bond donors (Lipinski definition) is 2. The van der Waals surface area contributed by atoms with Crippen molar-refractivity contribution in [2.45, 2.75) is 32.6 Å². The summed E-state index contributed by atoms with van der Waals surface area (Å²) in [6.07, 6.45) is 0.811. The molecule has 0 radical (unpaired) electrons. The second-order valence-electron chi connectivity index (χ2n) is 5.80. The van der Waals surface area contributed by atoms with Crippen LogP contribution in [0.2, 0.25) is 0 Å². The minimum atomic E-state index is -0.237. The van der Waals surface area contributed by atoms with Crippen LogP contribution in [0.3, 0.4) is 0 Å². The lowest BCUT2D eigenvalue weighted by molar-refractivity contribution is -0.0173. The zero-order valence-corrected chi connectivity index (χ0v) is 11.8. The molecule has 5 nitrogen and oxygen atoms in total. The van der Waals surface area contributed by atoms with E-state index >= 15 is 0 Å². The van der Waals surface area contributed by atoms with Gasteiger partial charge in [0.2, 0.25) is 0 Å². The van der Waals surface area contributed by atoms with Gasteiger partial charge < -0.3 is 20.3 Å². The molecule has 2 heterocycles. The molecule has 0 amide bonds. The number of fused-ring (bicyclic) bond motifs is 1. The zero-order chi connectivity index (χ0) is 14.1. The van der Waals surface area contributed by atoms with E-state index in [9.17, 15) is 5.11 Å². The highest BCUT2D eigenvalue weighted by Gasteiger charge is 2.27. The summed E-state index contributed by atoms with van der Waals surface area (Å²) >= 11 is 0. The van der Waals surface area contributed by atoms with Crippen molar-refractivity contribution in [1.29, 1.82) is 0 Å². The summed E-state index contributed by atoms with van der Waals surface area (Å²) in [5.74, 6) is 1.29. The fourth-order valence-corrected chi connectivity index (χ4v) is 3.08. The van der Waals surface area contributed by atoms with Crippen LogP contribution in [0.15, 0.2) is 12.1 Å². The van der Waals surface area contributed by atoms with Gasteiger partial charge in [-0.1, -0.05) is 0 Å². The third-order valence-electron chi connectivity index (χ3n) is 4.19. The van der Waals surface area contributed by atoms with Crippen molar-refractivity contribution in [3.63, 3.8) is 0 Å². The number of aliphatic hydroxyl groups excluding tert-OH is 1. The van der Waals surface area contributed by atoms with Crippen molar-refractivity contribution in [3.05, 3.63) is 23.3 Å². The largest absolute Gasteiger partial charge is 0.467 e. The molecule has 3 N–H and O–H groups in total. The maximum absolute atomic E-state index is 9.68. The maximum Gasteiger partial charge on any atom is 0.189 e. The van der Waals surface area contributed by atoms with Crippen molar-refractivity contribution < 1.29 is 14.6 Å². The van der Waals surface area contributed by atoms with Crippen LogP contribution in [0.1, 0.15) is 24.5 Å². The molecule has 2 atom stereocenters. The fraction of sp³-hybridized carbons (Fsp3) is 0.600. The first-order valence-corrected chi connectivity index (χ1v) is 7.15. The van der Waals surface area contributed by atoms with E-state index in [-0.39, 0.29) is 6.10 Å². The first-order chi connectivity index (χ1) is 9.63. The first kappa shape index (κ1) is 13.7. The molecule has 1 fully saturated rings. The van der Waals surface area contributed by atoms with Gasteiger partial charge in [0.25, 0.3) is 0 Å². The van der Waals surface area contributed by atoms with E-state index in [1.807, 2.05) is 19.1 Å². The lowest BCUT2D eigenvalue weighted by Gasteiger charge is -2.24. The van der Waals surface area contributed by atoms with E-state index in [0.29, 0.717) is 19.3 Å². The fourth-order valence-electron chi connectivity index (χ4n) is 3.08. The molecule has 5 heteroatoms. The molecule has 1 aromatic rings. The Labute approximate surface area is 119 Å². The van der Waals surface area contributed by atoms with Crippen LogP contribution in [-0.2, 0) is 17.9 Å². The Kier molecular flexibility index (Phi) is 3.83. The predicted octanol–water partition coefficient (Wildman–Crippen LogP) is 1.34. The average molecular weight is 278 g/mol. The van der Waals surface area contributed by atoms with Crippen molar-refractivity contribution >= 4 is 5.69 Å². The van der Waals surface area contributed by atoms with Crippen LogP contribution in [0.4, 0.5) is 5.69 Å². The van der Waals surface area contributed by atoms with Crippen LogP contribution in [0.5, 0.6) is 5.75 Å². The number of anilines is 1. The van der Waals surface area contributed by atoms with Gasteiger partial charge in [-0.2, -0.15) is 0 Å². The van der Waals surface area contributed by atoms with Crippen molar-refractivity contribution in [1.82, 2.24) is 4.90 Å². The number of likely N-dealkylation sites (tertiary alicyclic amines) is 1. The van der Waals surface area contributed by atoms with Crippen LogP contribution >= 0.6 is 0 Å². The van der Waals surface area contributed by atoms with Gasteiger partial charge in [-0.3, -0.25) is 4.90 Å². The summed E-state index contributed by atoms with van der Waals surface area (Å²) in [5, 5.41) is 9.68. The predicted molar refractivity (Wildman–Crippen MR) is 76.2 cm³/mol. The standard InChI is InChI=1S/C15H22N2O3/c1-10(18)11-2-3-17(6-11)7-12-4-14(16)5-13-8-19-9-20-15(12)13/h4-5,10-11,18H,2-3,6-9,16H2,1H3. The van der Waals surface area contributed by atoms with E-state index in [2.05, 4.69) is 4.90 Å². The number of benzene rings is 1. The van der Waals surface area contributed by atoms with E-state index in [0.717, 1.165) is 48.6 Å². The molecular weight excluding hydrogens is 256 g/mol. The number of nitrogen functional groups attached to an aromatic ring is 1. The summed E-state index contributed by atoms with van der Waals surface area (Å²) in [6, 6.07) is 3.90. The Morgan fingerprint density at radius 2 is 2.35 bits per heavy atom. The number of rotatable bonds is 3. The van der Waals surface area contributed by atoms with E-state index < -0.39 is 0 Å². The third-order valence-corrected chi connectivity index (χ3v) is 4.19. The Morgan fingerprint density at radius 1 is 1.50 bits per heavy atom. The van der Waals surface area contributed by atoms with E-state index in [1.54, 1.807) is 0 Å². The SMILES string of the molecule is CC(O)C1CCN(Cc2cc(N)cc3c2OCOC3)C1. The van der Waals surface area contributed by atoms with Gasteiger partial charge in [-0.05, 0) is 37.9 Å². The minimum Gasteiger partial charge on any atom is -0.467 e. The van der Waals surface area contributed by atoms with Crippen molar-refractivity contribution in [2.24, 2.45) is 5.92 Å². The van der Waals surface area contributed by atoms with Gasteiger partial charge in [-0.25, -0.2) is 0 Å². The third kappa shape index (κ3) is 2.75. The monoisotopic (exact) mass is 278 g/mol. The normalized spacial score (nSPS) is 24.2. The lowest BCUT2D eigenvalue weighted by atomic mass is 10.0. The maximum atomic E-state index is 9.68. The van der Waals surface area contributed by atoms with Crippen LogP contribution in [0, 0.1) is 5.92 Å². The van der Waals surface area contributed by atoms with Crippen molar-refractivity contribution in [2.75, 3.05) is 25.6 Å². The molecule has 3 rings (SSSR count). The van der Waals surface area contributed by atoms with Crippen LogP contribution in [-0.4, -0.2) is 36.0 Å². The number of hydrogen-bond acceptors (Lipinski definition) is 5. The topological polar surface area (TPSA) is 68.0 Å². The molecule has 2 aliphatic heterocycles. The molecule has 2 aliphatic rings. The Bertz CT molecular complexity index is 490. The Balaban J connectivity index is 1.76. The smallest absolute Gasteiger partial charge is 0.189 e. The molecule has 0 spiro atoms. The van der Waals surface area contributed by atoms with Gasteiger partial charge >= 0.3 is 0 Å².